The Morgan fingerprint density at radius 3 is 2.00 bits per heavy atom. The third-order valence-corrected chi connectivity index (χ3v) is 2.44. The lowest BCUT2D eigenvalue weighted by atomic mass is 10.1. The molecule has 0 saturated carbocycles. The highest BCUT2D eigenvalue weighted by atomic mass is 19.4. The van der Waals surface area contributed by atoms with E-state index in [-0.39, 0.29) is 18.5 Å². The lowest BCUT2D eigenvalue weighted by Crippen LogP contribution is -2.43. The van der Waals surface area contributed by atoms with Gasteiger partial charge in [0.1, 0.15) is 11.8 Å². The average molecular weight is 301 g/mol. The highest BCUT2D eigenvalue weighted by molar-refractivity contribution is 5.28. The Balaban J connectivity index is 2.73. The highest BCUT2D eigenvalue weighted by Crippen LogP contribution is 2.26. The van der Waals surface area contributed by atoms with E-state index in [0.29, 0.717) is 0 Å². The second-order valence-corrected chi connectivity index (χ2v) is 4.05. The number of rotatable bonds is 5. The molecule has 1 aromatic carbocycles. The van der Waals surface area contributed by atoms with Crippen molar-refractivity contribution in [1.29, 1.82) is 0 Å². The number of halogens is 6. The summed E-state index contributed by atoms with van der Waals surface area (Å²) < 4.78 is 77.4. The molecule has 1 rings (SSSR count). The van der Waals surface area contributed by atoms with Gasteiger partial charge in [0.25, 0.3) is 0 Å². The quantitative estimate of drug-likeness (QED) is 0.838. The van der Waals surface area contributed by atoms with Crippen LogP contribution in [0, 0.1) is 0 Å². The van der Waals surface area contributed by atoms with Crippen LogP contribution < -0.4 is 10.1 Å². The van der Waals surface area contributed by atoms with Gasteiger partial charge in [-0.2, -0.15) is 13.2 Å². The largest absolute Gasteiger partial charge is 0.573 e. The zero-order chi connectivity index (χ0) is 15.4. The van der Waals surface area contributed by atoms with Gasteiger partial charge in [0, 0.05) is 0 Å². The van der Waals surface area contributed by atoms with Crippen LogP contribution in [0.4, 0.5) is 26.3 Å². The molecule has 0 aliphatic carbocycles. The first kappa shape index (κ1) is 16.6. The van der Waals surface area contributed by atoms with Crippen LogP contribution in [-0.2, 0) is 6.42 Å². The molecule has 1 unspecified atom stereocenters. The standard InChI is InChI=1S/C12H13F6NO/c1-2-19-10(11(13,14)15)7-8-3-5-9(6-4-8)20-12(16,17)18/h3-6,10,19H,2,7H2,1H3. The topological polar surface area (TPSA) is 21.3 Å². The molecule has 0 heterocycles. The van der Waals surface area contributed by atoms with E-state index < -0.39 is 24.3 Å². The molecule has 2 nitrogen and oxygen atoms in total. The van der Waals surface area contributed by atoms with Gasteiger partial charge < -0.3 is 10.1 Å². The molecule has 1 aromatic rings. The molecule has 0 saturated heterocycles. The van der Waals surface area contributed by atoms with Crippen molar-refractivity contribution in [3.05, 3.63) is 29.8 Å². The summed E-state index contributed by atoms with van der Waals surface area (Å²) in [6.07, 6.45) is -9.60. The maximum absolute atomic E-state index is 12.7. The number of nitrogens with one attached hydrogen (secondary N) is 1. The Kier molecular flexibility index (Phi) is 5.27. The van der Waals surface area contributed by atoms with Gasteiger partial charge in [-0.05, 0) is 30.7 Å². The monoisotopic (exact) mass is 301 g/mol. The number of likely N-dealkylation sites (N-methyl/N-ethyl adjacent to an activating group) is 1. The average Bonchev–Trinajstić information content (AvgIpc) is 2.28. The normalized spacial score (nSPS) is 14.2. The predicted molar refractivity (Wildman–Crippen MR) is 60.3 cm³/mol. The summed E-state index contributed by atoms with van der Waals surface area (Å²) in [5.41, 5.74) is 0.266. The number of hydrogen-bond acceptors (Lipinski definition) is 2. The van der Waals surface area contributed by atoms with Crippen LogP contribution in [0.25, 0.3) is 0 Å². The highest BCUT2D eigenvalue weighted by Gasteiger charge is 2.38. The van der Waals surface area contributed by atoms with E-state index in [0.717, 1.165) is 12.1 Å². The first-order chi connectivity index (χ1) is 9.12. The summed E-state index contributed by atoms with van der Waals surface area (Å²) in [7, 11) is 0. The third-order valence-electron chi connectivity index (χ3n) is 2.44. The molecule has 1 atom stereocenters. The van der Waals surface area contributed by atoms with Gasteiger partial charge in [0.15, 0.2) is 0 Å². The van der Waals surface area contributed by atoms with Crippen LogP contribution in [-0.4, -0.2) is 25.1 Å². The number of ether oxygens (including phenoxy) is 1. The van der Waals surface area contributed by atoms with Crippen molar-refractivity contribution >= 4 is 0 Å². The van der Waals surface area contributed by atoms with Crippen LogP contribution in [0.2, 0.25) is 0 Å². The minimum absolute atomic E-state index is 0.138. The molecule has 1 N–H and O–H groups in total. The van der Waals surface area contributed by atoms with Crippen molar-refractivity contribution in [3.63, 3.8) is 0 Å². The van der Waals surface area contributed by atoms with E-state index >= 15 is 0 Å². The minimum atomic E-state index is -4.82. The summed E-state index contributed by atoms with van der Waals surface area (Å²) in [4.78, 5) is 0. The van der Waals surface area contributed by atoms with Crippen LogP contribution in [0.15, 0.2) is 24.3 Å². The van der Waals surface area contributed by atoms with E-state index in [1.807, 2.05) is 0 Å². The van der Waals surface area contributed by atoms with Crippen LogP contribution in [0.1, 0.15) is 12.5 Å². The predicted octanol–water partition coefficient (Wildman–Crippen LogP) is 3.67. The summed E-state index contributed by atoms with van der Waals surface area (Å²) >= 11 is 0. The number of hydrogen-bond donors (Lipinski definition) is 1. The minimum Gasteiger partial charge on any atom is -0.406 e. The third kappa shape index (κ3) is 5.68. The molecule has 114 valence electrons. The Labute approximate surface area is 111 Å². The molecule has 0 aliphatic heterocycles. The molecule has 20 heavy (non-hydrogen) atoms. The van der Waals surface area contributed by atoms with Crippen LogP contribution in [0.3, 0.4) is 0 Å². The van der Waals surface area contributed by atoms with Crippen molar-refractivity contribution < 1.29 is 31.1 Å². The second-order valence-electron chi connectivity index (χ2n) is 4.05. The van der Waals surface area contributed by atoms with Gasteiger partial charge >= 0.3 is 12.5 Å². The molecule has 0 radical (unpaired) electrons. The van der Waals surface area contributed by atoms with Gasteiger partial charge in [0.2, 0.25) is 0 Å². The van der Waals surface area contributed by atoms with Gasteiger partial charge in [-0.25, -0.2) is 0 Å². The first-order valence-electron chi connectivity index (χ1n) is 5.76. The van der Waals surface area contributed by atoms with Crippen molar-refractivity contribution in [2.24, 2.45) is 0 Å². The van der Waals surface area contributed by atoms with Crippen molar-refractivity contribution in [2.45, 2.75) is 31.9 Å². The van der Waals surface area contributed by atoms with Crippen molar-refractivity contribution in [3.8, 4) is 5.75 Å². The van der Waals surface area contributed by atoms with Gasteiger partial charge in [-0.1, -0.05) is 19.1 Å². The Morgan fingerprint density at radius 1 is 1.05 bits per heavy atom. The fourth-order valence-electron chi connectivity index (χ4n) is 1.61. The second kappa shape index (κ2) is 6.34. The SMILES string of the molecule is CCNC(Cc1ccc(OC(F)(F)F)cc1)C(F)(F)F. The zero-order valence-corrected chi connectivity index (χ0v) is 10.5. The molecule has 0 spiro atoms. The molecular formula is C12H13F6NO. The number of benzene rings is 1. The number of alkyl halides is 6. The first-order valence-corrected chi connectivity index (χ1v) is 5.76. The molecule has 0 fully saturated rings. The summed E-state index contributed by atoms with van der Waals surface area (Å²) in [6.45, 7) is 1.68. The zero-order valence-electron chi connectivity index (χ0n) is 10.5. The maximum atomic E-state index is 12.7. The smallest absolute Gasteiger partial charge is 0.406 e. The Hall–Kier alpha value is -1.44. The van der Waals surface area contributed by atoms with Crippen molar-refractivity contribution in [1.82, 2.24) is 5.32 Å². The molecule has 0 aliphatic rings. The summed E-state index contributed by atoms with van der Waals surface area (Å²) in [5.74, 6) is -0.465. The van der Waals surface area contributed by atoms with E-state index in [9.17, 15) is 26.3 Å². The van der Waals surface area contributed by atoms with E-state index in [2.05, 4.69) is 10.1 Å². The van der Waals surface area contributed by atoms with E-state index in [1.54, 1.807) is 6.92 Å². The summed E-state index contributed by atoms with van der Waals surface area (Å²) in [5, 5.41) is 2.29. The van der Waals surface area contributed by atoms with Gasteiger partial charge in [-0.15, -0.1) is 13.2 Å². The maximum Gasteiger partial charge on any atom is 0.573 e. The summed E-state index contributed by atoms with van der Waals surface area (Å²) in [6, 6.07) is 2.60. The van der Waals surface area contributed by atoms with Gasteiger partial charge in [-0.3, -0.25) is 0 Å². The van der Waals surface area contributed by atoms with Crippen LogP contribution in [0.5, 0.6) is 5.75 Å². The Morgan fingerprint density at radius 2 is 1.60 bits per heavy atom. The molecule has 0 bridgehead atoms. The van der Waals surface area contributed by atoms with E-state index in [1.165, 1.54) is 12.1 Å². The lowest BCUT2D eigenvalue weighted by molar-refractivity contribution is -0.274. The van der Waals surface area contributed by atoms with Crippen LogP contribution >= 0.6 is 0 Å². The molecule has 0 amide bonds. The fourth-order valence-corrected chi connectivity index (χ4v) is 1.61. The molecular weight excluding hydrogens is 288 g/mol. The fraction of sp³-hybridized carbons (Fsp3) is 0.500. The molecule has 0 aromatic heterocycles. The van der Waals surface area contributed by atoms with Gasteiger partial charge in [0.05, 0.1) is 0 Å². The molecule has 8 heteroatoms. The lowest BCUT2D eigenvalue weighted by Gasteiger charge is -2.21. The van der Waals surface area contributed by atoms with E-state index in [4.69, 9.17) is 0 Å². The van der Waals surface area contributed by atoms with Crippen molar-refractivity contribution in [2.75, 3.05) is 6.54 Å². The Bertz CT molecular complexity index is 411.